The highest BCUT2D eigenvalue weighted by Crippen LogP contribution is 2.14. The summed E-state index contributed by atoms with van der Waals surface area (Å²) in [5.41, 5.74) is 7.31. The Labute approximate surface area is 95.0 Å². The van der Waals surface area contributed by atoms with Crippen LogP contribution in [0.4, 0.5) is 5.69 Å². The zero-order valence-corrected chi connectivity index (χ0v) is 9.64. The molecular weight excluding hydrogens is 226 g/mol. The molecule has 0 unspecified atom stereocenters. The molecule has 0 fully saturated rings. The number of hydrogen-bond acceptors (Lipinski definition) is 3. The van der Waals surface area contributed by atoms with Crippen LogP contribution in [0.15, 0.2) is 18.2 Å². The first kappa shape index (κ1) is 12.5. The van der Waals surface area contributed by atoms with E-state index in [2.05, 4.69) is 16.6 Å². The summed E-state index contributed by atoms with van der Waals surface area (Å²) in [7, 11) is -3.75. The summed E-state index contributed by atoms with van der Waals surface area (Å²) in [6.07, 6.45) is 0. The van der Waals surface area contributed by atoms with Gasteiger partial charge >= 0.3 is 0 Å². The van der Waals surface area contributed by atoms with Crippen molar-refractivity contribution >= 4 is 15.9 Å². The fraction of sp³-hybridized carbons (Fsp3) is 0.200. The lowest BCUT2D eigenvalue weighted by Gasteiger charge is -2.05. The highest BCUT2D eigenvalue weighted by molar-refractivity contribution is 7.90. The molecule has 0 aliphatic rings. The van der Waals surface area contributed by atoms with Crippen molar-refractivity contribution in [1.29, 1.82) is 0 Å². The Kier molecular flexibility index (Phi) is 3.90. The van der Waals surface area contributed by atoms with E-state index < -0.39 is 10.2 Å². The van der Waals surface area contributed by atoms with Crippen molar-refractivity contribution in [3.8, 4) is 11.8 Å². The van der Waals surface area contributed by atoms with Crippen LogP contribution in [0.2, 0.25) is 0 Å². The molecule has 0 atom stereocenters. The Morgan fingerprint density at radius 3 is 2.69 bits per heavy atom. The first-order valence-corrected chi connectivity index (χ1v) is 6.07. The van der Waals surface area contributed by atoms with Crippen molar-refractivity contribution < 1.29 is 8.42 Å². The van der Waals surface area contributed by atoms with Crippen molar-refractivity contribution in [2.24, 2.45) is 10.9 Å². The normalized spacial score (nSPS) is 10.4. The molecule has 16 heavy (non-hydrogen) atoms. The lowest BCUT2D eigenvalue weighted by molar-refractivity contribution is 0.603. The van der Waals surface area contributed by atoms with Crippen LogP contribution in [0.25, 0.3) is 0 Å². The average molecular weight is 239 g/mol. The van der Waals surface area contributed by atoms with E-state index in [4.69, 9.17) is 10.9 Å². The first-order valence-electron chi connectivity index (χ1n) is 4.52. The number of nitrogens with one attached hydrogen (secondary N) is 1. The molecule has 0 aromatic heterocycles. The summed E-state index contributed by atoms with van der Waals surface area (Å²) in [4.78, 5) is 0. The summed E-state index contributed by atoms with van der Waals surface area (Å²) in [6, 6.07) is 4.99. The third kappa shape index (κ3) is 3.90. The minimum absolute atomic E-state index is 0.256. The Bertz CT molecular complexity index is 541. The summed E-state index contributed by atoms with van der Waals surface area (Å²) in [5, 5.41) is 4.86. The molecule has 0 saturated heterocycles. The highest BCUT2D eigenvalue weighted by atomic mass is 32.2. The molecule has 1 aromatic carbocycles. The molecule has 6 heteroatoms. The Balaban J connectivity index is 3.07. The monoisotopic (exact) mass is 239 g/mol. The van der Waals surface area contributed by atoms with Gasteiger partial charge in [-0.1, -0.05) is 17.9 Å². The van der Waals surface area contributed by atoms with Crippen LogP contribution in [0.3, 0.4) is 0 Å². The second kappa shape index (κ2) is 4.99. The molecule has 0 radical (unpaired) electrons. The van der Waals surface area contributed by atoms with Gasteiger partial charge in [0.15, 0.2) is 0 Å². The van der Waals surface area contributed by atoms with Crippen LogP contribution in [0.1, 0.15) is 11.1 Å². The minimum atomic E-state index is -3.75. The fourth-order valence-electron chi connectivity index (χ4n) is 1.13. The topological polar surface area (TPSA) is 98.2 Å². The lowest BCUT2D eigenvalue weighted by Crippen LogP contribution is -2.21. The van der Waals surface area contributed by atoms with E-state index in [1.54, 1.807) is 18.2 Å². The van der Waals surface area contributed by atoms with E-state index in [-0.39, 0.29) is 6.54 Å². The molecule has 1 aromatic rings. The van der Waals surface area contributed by atoms with Crippen molar-refractivity contribution in [2.75, 3.05) is 11.3 Å². The van der Waals surface area contributed by atoms with Crippen LogP contribution in [-0.2, 0) is 10.2 Å². The largest absolute Gasteiger partial charge is 0.320 e. The van der Waals surface area contributed by atoms with Crippen LogP contribution in [-0.4, -0.2) is 15.0 Å². The first-order chi connectivity index (χ1) is 7.42. The second-order valence-electron chi connectivity index (χ2n) is 3.18. The summed E-state index contributed by atoms with van der Waals surface area (Å²) < 4.78 is 23.8. The smallest absolute Gasteiger partial charge is 0.296 e. The number of anilines is 1. The van der Waals surface area contributed by atoms with Crippen LogP contribution < -0.4 is 15.6 Å². The SMILES string of the molecule is Cc1ccc(NS(N)(=O)=O)cc1C#CCN. The number of aryl methyl sites for hydroxylation is 1. The molecule has 5 nitrogen and oxygen atoms in total. The second-order valence-corrected chi connectivity index (χ2v) is 4.48. The van der Waals surface area contributed by atoms with Crippen LogP contribution in [0.5, 0.6) is 0 Å². The van der Waals surface area contributed by atoms with Gasteiger partial charge in [0.1, 0.15) is 0 Å². The van der Waals surface area contributed by atoms with Gasteiger partial charge in [-0.15, -0.1) is 0 Å². The molecule has 0 saturated carbocycles. The van der Waals surface area contributed by atoms with Gasteiger partial charge in [0.2, 0.25) is 0 Å². The van der Waals surface area contributed by atoms with Gasteiger partial charge in [-0.2, -0.15) is 8.42 Å². The summed E-state index contributed by atoms with van der Waals surface area (Å²) in [6.45, 7) is 2.13. The zero-order valence-electron chi connectivity index (χ0n) is 8.82. The van der Waals surface area contributed by atoms with Gasteiger partial charge in [0.25, 0.3) is 10.2 Å². The van der Waals surface area contributed by atoms with Gasteiger partial charge in [-0.05, 0) is 24.6 Å². The molecule has 1 rings (SSSR count). The van der Waals surface area contributed by atoms with Gasteiger partial charge in [0, 0.05) is 5.56 Å². The van der Waals surface area contributed by atoms with Crippen molar-refractivity contribution in [3.05, 3.63) is 29.3 Å². The van der Waals surface area contributed by atoms with Crippen molar-refractivity contribution in [3.63, 3.8) is 0 Å². The van der Waals surface area contributed by atoms with E-state index in [0.717, 1.165) is 11.1 Å². The Morgan fingerprint density at radius 1 is 1.44 bits per heavy atom. The van der Waals surface area contributed by atoms with Gasteiger partial charge in [0.05, 0.1) is 12.2 Å². The average Bonchev–Trinajstić information content (AvgIpc) is 2.17. The van der Waals surface area contributed by atoms with Crippen molar-refractivity contribution in [1.82, 2.24) is 0 Å². The summed E-state index contributed by atoms with van der Waals surface area (Å²) >= 11 is 0. The quantitative estimate of drug-likeness (QED) is 0.629. The van der Waals surface area contributed by atoms with Crippen LogP contribution >= 0.6 is 0 Å². The molecule has 0 bridgehead atoms. The minimum Gasteiger partial charge on any atom is -0.320 e. The number of nitrogens with two attached hydrogens (primary N) is 2. The molecule has 0 amide bonds. The maximum absolute atomic E-state index is 10.8. The Hall–Kier alpha value is -1.55. The maximum atomic E-state index is 10.8. The molecule has 86 valence electrons. The Morgan fingerprint density at radius 2 is 2.12 bits per heavy atom. The van der Waals surface area contributed by atoms with E-state index in [1.165, 1.54) is 0 Å². The van der Waals surface area contributed by atoms with Gasteiger partial charge in [-0.25, -0.2) is 5.14 Å². The van der Waals surface area contributed by atoms with Crippen molar-refractivity contribution in [2.45, 2.75) is 6.92 Å². The standard InChI is InChI=1S/C10H13N3O2S/c1-8-4-5-10(13-16(12,14)15)7-9(8)3-2-6-11/h4-5,7,13H,6,11H2,1H3,(H2,12,14,15). The molecule has 0 heterocycles. The molecule has 0 aliphatic carbocycles. The van der Waals surface area contributed by atoms with E-state index >= 15 is 0 Å². The summed E-state index contributed by atoms with van der Waals surface area (Å²) in [5.74, 6) is 5.55. The zero-order chi connectivity index (χ0) is 12.2. The predicted molar refractivity (Wildman–Crippen MR) is 63.8 cm³/mol. The molecular formula is C10H13N3O2S. The molecule has 5 N–H and O–H groups in total. The van der Waals surface area contributed by atoms with E-state index in [9.17, 15) is 8.42 Å². The van der Waals surface area contributed by atoms with Gasteiger partial charge < -0.3 is 5.73 Å². The third-order valence-corrected chi connectivity index (χ3v) is 2.34. The number of rotatable bonds is 2. The number of hydrogen-bond donors (Lipinski definition) is 3. The molecule has 0 spiro atoms. The maximum Gasteiger partial charge on any atom is 0.296 e. The third-order valence-electron chi connectivity index (χ3n) is 1.82. The van der Waals surface area contributed by atoms with Crippen LogP contribution in [0, 0.1) is 18.8 Å². The lowest BCUT2D eigenvalue weighted by atomic mass is 10.1. The number of benzene rings is 1. The predicted octanol–water partition coefficient (Wildman–Crippen LogP) is -0.0794. The van der Waals surface area contributed by atoms with E-state index in [1.807, 2.05) is 6.92 Å². The van der Waals surface area contributed by atoms with E-state index in [0.29, 0.717) is 5.69 Å². The highest BCUT2D eigenvalue weighted by Gasteiger charge is 2.03. The molecule has 0 aliphatic heterocycles. The van der Waals surface area contributed by atoms with Gasteiger partial charge in [-0.3, -0.25) is 4.72 Å². The fourth-order valence-corrected chi connectivity index (χ4v) is 1.59.